The quantitative estimate of drug-likeness (QED) is 0.146. The Labute approximate surface area is 399 Å². The third-order valence-corrected chi connectivity index (χ3v) is 10.3. The molecule has 4 aromatic carbocycles. The zero-order chi connectivity index (χ0) is 47.5. The van der Waals surface area contributed by atoms with E-state index in [2.05, 4.69) is 0 Å². The number of carbonyl (C=O) groups is 12. The Balaban J connectivity index is 0.000000231. The van der Waals surface area contributed by atoms with Gasteiger partial charge in [0.2, 0.25) is 0 Å². The summed E-state index contributed by atoms with van der Waals surface area (Å²) in [6.07, 6.45) is 0. The first-order valence-electron chi connectivity index (χ1n) is 18.9. The maximum atomic E-state index is 11.8. The molecule has 0 saturated heterocycles. The predicted octanol–water partition coefficient (Wildman–Crippen LogP) is 3.02. The van der Waals surface area contributed by atoms with Crippen molar-refractivity contribution in [3.63, 3.8) is 0 Å². The fourth-order valence-electron chi connectivity index (χ4n) is 6.68. The number of hydrogen-bond donors (Lipinski definition) is 4. The van der Waals surface area contributed by atoms with Gasteiger partial charge in [-0.3, -0.25) is 58.0 Å². The largest absolute Gasteiger partial charge is 0.480 e. The summed E-state index contributed by atoms with van der Waals surface area (Å²) in [6.45, 7) is 5.24. The fourth-order valence-corrected chi connectivity index (χ4v) is 6.68. The fraction of sp³-hybridized carbons (Fsp3) is 0.182. The van der Waals surface area contributed by atoms with E-state index in [1.165, 1.54) is 76.2 Å². The molecule has 0 aromatic heterocycles. The molecule has 4 heterocycles. The number of benzene rings is 4. The van der Waals surface area contributed by atoms with Crippen molar-refractivity contribution in [1.82, 2.24) is 19.6 Å². The van der Waals surface area contributed by atoms with Gasteiger partial charge in [-0.05, 0) is 76.2 Å². The van der Waals surface area contributed by atoms with Crippen LogP contribution < -0.4 is 0 Å². The molecule has 22 heteroatoms. The molecule has 0 aliphatic carbocycles. The monoisotopic (exact) mass is 1080 g/mol. The van der Waals surface area contributed by atoms with E-state index in [1.807, 2.05) is 0 Å². The van der Waals surface area contributed by atoms with Gasteiger partial charge in [-0.1, -0.05) is 48.5 Å². The Bertz CT molecular complexity index is 2220. The van der Waals surface area contributed by atoms with Gasteiger partial charge < -0.3 is 20.4 Å². The Kier molecular flexibility index (Phi) is 17.2. The van der Waals surface area contributed by atoms with Crippen molar-refractivity contribution >= 4 is 71.1 Å². The van der Waals surface area contributed by atoms with Crippen LogP contribution in [0.5, 0.6) is 0 Å². The molecule has 4 atom stereocenters. The third-order valence-electron chi connectivity index (χ3n) is 10.3. The molecule has 20 nitrogen and oxygen atoms in total. The predicted molar refractivity (Wildman–Crippen MR) is 216 cm³/mol. The van der Waals surface area contributed by atoms with E-state index in [1.54, 1.807) is 48.5 Å². The van der Waals surface area contributed by atoms with E-state index in [0.29, 0.717) is 0 Å². The maximum Gasteiger partial charge on any atom is 0.326 e. The van der Waals surface area contributed by atoms with Crippen molar-refractivity contribution in [3.8, 4) is 0 Å². The number of carbonyl (C=O) groups excluding carboxylic acids is 8. The van der Waals surface area contributed by atoms with Crippen LogP contribution in [-0.2, 0) is 58.1 Å². The number of nitrogens with zero attached hydrogens (tertiary/aromatic N) is 4. The first kappa shape index (κ1) is 52.9. The number of hydrogen-bond acceptors (Lipinski definition) is 12. The van der Waals surface area contributed by atoms with Gasteiger partial charge in [-0.2, -0.15) is 0 Å². The van der Waals surface area contributed by atoms with E-state index in [0.717, 1.165) is 19.6 Å². The number of carboxylic acids is 4. The second kappa shape index (κ2) is 21.5. The summed E-state index contributed by atoms with van der Waals surface area (Å²) in [6, 6.07) is 20.7. The van der Waals surface area contributed by atoms with E-state index in [9.17, 15) is 57.5 Å². The normalized spacial score (nSPS) is 15.7. The molecular formula is C44H36N4O16Rh2. The first-order chi connectivity index (χ1) is 30.1. The van der Waals surface area contributed by atoms with Crippen LogP contribution in [0, 0.1) is 0 Å². The molecule has 2 radical (unpaired) electrons. The molecule has 8 amide bonds. The average molecular weight is 1080 g/mol. The minimum absolute atomic E-state index is 0. The van der Waals surface area contributed by atoms with Gasteiger partial charge >= 0.3 is 23.9 Å². The summed E-state index contributed by atoms with van der Waals surface area (Å²) >= 11 is 0. The number of carboxylic acid groups (broad SMARTS) is 4. The summed E-state index contributed by atoms with van der Waals surface area (Å²) in [5.74, 6) is -9.16. The van der Waals surface area contributed by atoms with Crippen LogP contribution in [0.3, 0.4) is 0 Å². The van der Waals surface area contributed by atoms with Gasteiger partial charge in [0.25, 0.3) is 47.3 Å². The summed E-state index contributed by atoms with van der Waals surface area (Å²) < 4.78 is 0. The summed E-state index contributed by atoms with van der Waals surface area (Å²) in [4.78, 5) is 141. The van der Waals surface area contributed by atoms with E-state index >= 15 is 0 Å². The zero-order valence-corrected chi connectivity index (χ0v) is 38.0. The summed E-state index contributed by atoms with van der Waals surface area (Å²) in [5.41, 5.74) is 2.12. The van der Waals surface area contributed by atoms with Crippen LogP contribution >= 0.6 is 0 Å². The van der Waals surface area contributed by atoms with Crippen molar-refractivity contribution in [2.24, 2.45) is 0 Å². The molecule has 346 valence electrons. The number of fused-ring (bicyclic) bond motifs is 4. The second-order valence-corrected chi connectivity index (χ2v) is 14.2. The van der Waals surface area contributed by atoms with Crippen molar-refractivity contribution in [1.29, 1.82) is 0 Å². The molecule has 0 bridgehead atoms. The van der Waals surface area contributed by atoms with Gasteiger partial charge in [0.15, 0.2) is 0 Å². The van der Waals surface area contributed by atoms with Gasteiger partial charge in [0, 0.05) is 39.0 Å². The molecular weight excluding hydrogens is 1050 g/mol. The summed E-state index contributed by atoms with van der Waals surface area (Å²) in [7, 11) is 0. The van der Waals surface area contributed by atoms with Gasteiger partial charge in [-0.15, -0.1) is 0 Å². The summed E-state index contributed by atoms with van der Waals surface area (Å²) in [5, 5.41) is 35.2. The molecule has 0 fully saturated rings. The van der Waals surface area contributed by atoms with E-state index in [4.69, 9.17) is 20.4 Å². The minimum Gasteiger partial charge on any atom is -0.480 e. The van der Waals surface area contributed by atoms with Crippen LogP contribution in [0.1, 0.15) is 111 Å². The Morgan fingerprint density at radius 3 is 0.500 bits per heavy atom. The van der Waals surface area contributed by atoms with Crippen molar-refractivity contribution in [2.45, 2.75) is 51.9 Å². The van der Waals surface area contributed by atoms with Crippen molar-refractivity contribution < 1.29 is 117 Å². The molecule has 4 N–H and O–H groups in total. The third kappa shape index (κ3) is 9.94. The topological polar surface area (TPSA) is 299 Å². The number of amides is 8. The number of aliphatic carboxylic acids is 4. The van der Waals surface area contributed by atoms with Crippen LogP contribution in [0.4, 0.5) is 0 Å². The molecule has 0 saturated carbocycles. The minimum atomic E-state index is -1.20. The average Bonchev–Trinajstić information content (AvgIpc) is 3.89. The molecule has 8 rings (SSSR count). The van der Waals surface area contributed by atoms with E-state index < -0.39 is 95.3 Å². The molecule has 0 unspecified atom stereocenters. The number of rotatable bonds is 8. The standard InChI is InChI=1S/4C11H9NO4.2Rh/c4*1-6(11(15)16)12-9(13)7-4-2-3-5-8(7)10(12)14;;/h4*2-6H,1H3,(H,15,16);;/t4*6-;;/m0000../s1. The Morgan fingerprint density at radius 2 is 0.409 bits per heavy atom. The van der Waals surface area contributed by atoms with Gasteiger partial charge in [-0.25, -0.2) is 19.2 Å². The smallest absolute Gasteiger partial charge is 0.326 e. The maximum absolute atomic E-state index is 11.8. The molecule has 66 heavy (non-hydrogen) atoms. The zero-order valence-electron chi connectivity index (χ0n) is 34.7. The van der Waals surface area contributed by atoms with Crippen LogP contribution in [0.25, 0.3) is 0 Å². The Morgan fingerprint density at radius 1 is 0.303 bits per heavy atom. The van der Waals surface area contributed by atoms with Gasteiger partial charge in [0.1, 0.15) is 24.2 Å². The Hall–Kier alpha value is -7.43. The second-order valence-electron chi connectivity index (χ2n) is 14.2. The molecule has 4 aromatic rings. The van der Waals surface area contributed by atoms with Gasteiger partial charge in [0.05, 0.1) is 44.5 Å². The van der Waals surface area contributed by atoms with E-state index in [-0.39, 0.29) is 83.5 Å². The van der Waals surface area contributed by atoms with Crippen LogP contribution in [0.2, 0.25) is 0 Å². The first-order valence-corrected chi connectivity index (χ1v) is 18.9. The molecule has 4 aliphatic rings. The SMILES string of the molecule is C[C@@H](C(=O)O)N1C(=O)c2ccccc2C1=O.C[C@@H](C(=O)O)N1C(=O)c2ccccc2C1=O.C[C@@H](C(=O)O)N1C(=O)c2ccccc2C1=O.C[C@@H](C(=O)O)N1C(=O)c2ccccc2C1=O.[Rh].[Rh]. The number of imide groups is 4. The van der Waals surface area contributed by atoms with Crippen LogP contribution in [-0.4, -0.2) is 135 Å². The van der Waals surface area contributed by atoms with Crippen LogP contribution in [0.15, 0.2) is 97.1 Å². The van der Waals surface area contributed by atoms with Crippen molar-refractivity contribution in [3.05, 3.63) is 142 Å². The molecule has 4 aliphatic heterocycles. The van der Waals surface area contributed by atoms with Crippen molar-refractivity contribution in [2.75, 3.05) is 0 Å². The molecule has 0 spiro atoms.